The van der Waals surface area contributed by atoms with Crippen LogP contribution >= 0.6 is 0 Å². The van der Waals surface area contributed by atoms with Crippen LogP contribution in [0.2, 0.25) is 0 Å². The number of nitrogens with zero attached hydrogens (tertiary/aromatic N) is 3. The van der Waals surface area contributed by atoms with Gasteiger partial charge in [0.1, 0.15) is 11.4 Å². The molecule has 0 atom stereocenters. The molecule has 1 saturated heterocycles. The fraction of sp³-hybridized carbons (Fsp3) is 0.190. The van der Waals surface area contributed by atoms with Crippen molar-refractivity contribution >= 4 is 16.9 Å². The van der Waals surface area contributed by atoms with E-state index in [-0.39, 0.29) is 5.91 Å². The minimum absolute atomic E-state index is 0.0751. The van der Waals surface area contributed by atoms with Gasteiger partial charge in [-0.25, -0.2) is 9.97 Å². The molecule has 0 bridgehead atoms. The van der Waals surface area contributed by atoms with Crippen LogP contribution in [-0.4, -0.2) is 43.8 Å². The summed E-state index contributed by atoms with van der Waals surface area (Å²) >= 11 is 0. The summed E-state index contributed by atoms with van der Waals surface area (Å²) in [4.78, 5) is 30.7. The molecule has 1 aromatic carbocycles. The first-order valence-corrected chi connectivity index (χ1v) is 9.18. The van der Waals surface area contributed by atoms with Gasteiger partial charge in [0.2, 0.25) is 0 Å². The van der Waals surface area contributed by atoms with E-state index < -0.39 is 0 Å². The topological polar surface area (TPSA) is 77.7 Å². The van der Waals surface area contributed by atoms with Crippen molar-refractivity contribution < 1.29 is 4.79 Å². The predicted octanol–water partition coefficient (Wildman–Crippen LogP) is 3.86. The Kier molecular flexibility index (Phi) is 3.74. The average molecular weight is 357 g/mol. The molecule has 0 spiro atoms. The molecule has 5 rings (SSSR count). The number of hydrogen-bond donors (Lipinski definition) is 2. The van der Waals surface area contributed by atoms with Crippen LogP contribution < -0.4 is 0 Å². The number of likely N-dealkylation sites (tertiary alicyclic amines) is 1. The highest BCUT2D eigenvalue weighted by molar-refractivity contribution is 5.98. The Morgan fingerprint density at radius 1 is 0.852 bits per heavy atom. The van der Waals surface area contributed by atoms with E-state index in [0.717, 1.165) is 59.7 Å². The van der Waals surface area contributed by atoms with Gasteiger partial charge >= 0.3 is 0 Å². The predicted molar refractivity (Wildman–Crippen MR) is 104 cm³/mol. The second-order valence-electron chi connectivity index (χ2n) is 6.79. The van der Waals surface area contributed by atoms with Crippen LogP contribution in [0.1, 0.15) is 23.2 Å². The van der Waals surface area contributed by atoms with Gasteiger partial charge in [-0.1, -0.05) is 0 Å². The van der Waals surface area contributed by atoms with E-state index in [0.29, 0.717) is 5.56 Å². The van der Waals surface area contributed by atoms with Crippen LogP contribution in [0.25, 0.3) is 33.8 Å². The van der Waals surface area contributed by atoms with Crippen LogP contribution in [-0.2, 0) is 0 Å². The van der Waals surface area contributed by atoms with Crippen LogP contribution in [0.4, 0.5) is 0 Å². The molecule has 1 fully saturated rings. The zero-order valence-electron chi connectivity index (χ0n) is 14.8. The molecule has 0 radical (unpaired) electrons. The molecule has 1 aliphatic heterocycles. The van der Waals surface area contributed by atoms with Crippen molar-refractivity contribution in [3.05, 3.63) is 60.4 Å². The van der Waals surface area contributed by atoms with Gasteiger partial charge in [-0.3, -0.25) is 4.79 Å². The third kappa shape index (κ3) is 2.79. The summed E-state index contributed by atoms with van der Waals surface area (Å²) in [6, 6.07) is 13.4. The monoisotopic (exact) mass is 357 g/mol. The molecule has 3 aromatic heterocycles. The summed E-state index contributed by atoms with van der Waals surface area (Å²) in [6.45, 7) is 1.67. The molecule has 0 aliphatic carbocycles. The van der Waals surface area contributed by atoms with Gasteiger partial charge in [0.15, 0.2) is 0 Å². The molecular weight excluding hydrogens is 338 g/mol. The van der Waals surface area contributed by atoms with E-state index >= 15 is 0 Å². The fourth-order valence-corrected chi connectivity index (χ4v) is 3.62. The molecular formula is C21H19N5O. The molecule has 134 valence electrons. The zero-order valence-corrected chi connectivity index (χ0v) is 14.8. The van der Waals surface area contributed by atoms with Crippen molar-refractivity contribution in [2.45, 2.75) is 12.8 Å². The van der Waals surface area contributed by atoms with E-state index in [1.165, 1.54) is 0 Å². The number of rotatable bonds is 3. The van der Waals surface area contributed by atoms with E-state index in [4.69, 9.17) is 9.97 Å². The quantitative estimate of drug-likeness (QED) is 0.584. The van der Waals surface area contributed by atoms with E-state index in [1.807, 2.05) is 59.8 Å². The zero-order chi connectivity index (χ0) is 18.2. The highest BCUT2D eigenvalue weighted by atomic mass is 16.2. The Morgan fingerprint density at radius 2 is 1.48 bits per heavy atom. The number of H-pyrrole nitrogens is 2. The lowest BCUT2D eigenvalue weighted by Gasteiger charge is -2.15. The van der Waals surface area contributed by atoms with Crippen molar-refractivity contribution in [1.82, 2.24) is 24.8 Å². The lowest BCUT2D eigenvalue weighted by atomic mass is 10.1. The summed E-state index contributed by atoms with van der Waals surface area (Å²) in [5.74, 6) is 0.0751. The Balaban J connectivity index is 1.65. The van der Waals surface area contributed by atoms with Gasteiger partial charge in [0.05, 0.1) is 22.4 Å². The summed E-state index contributed by atoms with van der Waals surface area (Å²) in [5, 5.41) is 0. The third-order valence-electron chi connectivity index (χ3n) is 5.01. The molecule has 6 heteroatoms. The Hall–Kier alpha value is -3.41. The Bertz CT molecular complexity index is 1090. The minimum atomic E-state index is 0.0751. The number of carbonyl (C=O) groups excluding carboxylic acids is 1. The van der Waals surface area contributed by atoms with E-state index in [9.17, 15) is 4.79 Å². The number of benzene rings is 1. The van der Waals surface area contributed by atoms with Crippen LogP contribution in [0, 0.1) is 0 Å². The summed E-state index contributed by atoms with van der Waals surface area (Å²) in [6.07, 6.45) is 5.90. The normalized spacial score (nSPS) is 14.1. The second-order valence-corrected chi connectivity index (χ2v) is 6.79. The van der Waals surface area contributed by atoms with Gasteiger partial charge in [0, 0.05) is 31.0 Å². The molecule has 4 aromatic rings. The van der Waals surface area contributed by atoms with Gasteiger partial charge in [-0.05, 0) is 55.3 Å². The van der Waals surface area contributed by atoms with Gasteiger partial charge in [-0.15, -0.1) is 0 Å². The van der Waals surface area contributed by atoms with Gasteiger partial charge < -0.3 is 14.9 Å². The van der Waals surface area contributed by atoms with E-state index in [1.54, 1.807) is 0 Å². The molecule has 0 unspecified atom stereocenters. The molecule has 0 saturated carbocycles. The average Bonchev–Trinajstić information content (AvgIpc) is 3.48. The first-order chi connectivity index (χ1) is 13.3. The molecule has 1 amide bonds. The van der Waals surface area contributed by atoms with Crippen molar-refractivity contribution in [3.63, 3.8) is 0 Å². The second kappa shape index (κ2) is 6.39. The number of aromatic amines is 2. The van der Waals surface area contributed by atoms with Crippen molar-refractivity contribution in [3.8, 4) is 22.8 Å². The SMILES string of the molecule is O=C(c1ccc2nc(-c3ccc[nH]3)c(-c3ccc[nH]3)nc2c1)N1CCCC1. The number of nitrogens with one attached hydrogen (secondary N) is 2. The molecule has 27 heavy (non-hydrogen) atoms. The highest BCUT2D eigenvalue weighted by Gasteiger charge is 2.21. The molecule has 1 aliphatic rings. The maximum atomic E-state index is 12.7. The van der Waals surface area contributed by atoms with Crippen LogP contribution in [0.15, 0.2) is 54.9 Å². The number of hydrogen-bond acceptors (Lipinski definition) is 3. The van der Waals surface area contributed by atoms with Crippen molar-refractivity contribution in [2.24, 2.45) is 0 Å². The number of amides is 1. The molecule has 4 heterocycles. The fourth-order valence-electron chi connectivity index (χ4n) is 3.62. The number of aromatic nitrogens is 4. The first-order valence-electron chi connectivity index (χ1n) is 9.18. The van der Waals surface area contributed by atoms with Crippen molar-refractivity contribution in [1.29, 1.82) is 0 Å². The van der Waals surface area contributed by atoms with Gasteiger partial charge in [-0.2, -0.15) is 0 Å². The number of fused-ring (bicyclic) bond motifs is 1. The Morgan fingerprint density at radius 3 is 2.07 bits per heavy atom. The summed E-state index contributed by atoms with van der Waals surface area (Å²) in [7, 11) is 0. The number of carbonyl (C=O) groups is 1. The van der Waals surface area contributed by atoms with Crippen LogP contribution in [0.3, 0.4) is 0 Å². The molecule has 6 nitrogen and oxygen atoms in total. The maximum Gasteiger partial charge on any atom is 0.253 e. The maximum absolute atomic E-state index is 12.7. The van der Waals surface area contributed by atoms with Crippen molar-refractivity contribution in [2.75, 3.05) is 13.1 Å². The minimum Gasteiger partial charge on any atom is -0.360 e. The first kappa shape index (κ1) is 15.8. The molecule has 2 N–H and O–H groups in total. The van der Waals surface area contributed by atoms with Gasteiger partial charge in [0.25, 0.3) is 5.91 Å². The largest absolute Gasteiger partial charge is 0.360 e. The highest BCUT2D eigenvalue weighted by Crippen LogP contribution is 2.29. The summed E-state index contributed by atoms with van der Waals surface area (Å²) < 4.78 is 0. The Labute approximate surface area is 156 Å². The standard InChI is InChI=1S/C21H19N5O/c27-21(26-11-1-2-12-26)14-7-8-15-18(13-14)25-20(17-6-4-10-23-17)19(24-15)16-5-3-9-22-16/h3-10,13,22-23H,1-2,11-12H2. The lowest BCUT2D eigenvalue weighted by Crippen LogP contribution is -2.27. The smallest absolute Gasteiger partial charge is 0.253 e. The van der Waals surface area contributed by atoms with E-state index in [2.05, 4.69) is 9.97 Å². The third-order valence-corrected chi connectivity index (χ3v) is 5.01. The summed E-state index contributed by atoms with van der Waals surface area (Å²) in [5.41, 5.74) is 5.52. The van der Waals surface area contributed by atoms with Crippen LogP contribution in [0.5, 0.6) is 0 Å². The lowest BCUT2D eigenvalue weighted by molar-refractivity contribution is 0.0793.